The fourth-order valence-electron chi connectivity index (χ4n) is 1.61. The Morgan fingerprint density at radius 1 is 1.35 bits per heavy atom. The average Bonchev–Trinajstić information content (AvgIpc) is 2.89. The third kappa shape index (κ3) is 3.96. The number of hydrogen-bond donors (Lipinski definition) is 1. The molecule has 1 heterocycles. The molecule has 1 N–H and O–H groups in total. The van der Waals surface area contributed by atoms with Crippen LogP contribution in [0.3, 0.4) is 0 Å². The van der Waals surface area contributed by atoms with E-state index in [1.54, 1.807) is 30.6 Å². The number of para-hydroxylation sites is 2. The van der Waals surface area contributed by atoms with Gasteiger partial charge >= 0.3 is 0 Å². The van der Waals surface area contributed by atoms with Crippen molar-refractivity contribution in [3.63, 3.8) is 0 Å². The van der Waals surface area contributed by atoms with Crippen molar-refractivity contribution in [1.29, 1.82) is 0 Å². The number of methoxy groups -OCH3 is 1. The summed E-state index contributed by atoms with van der Waals surface area (Å²) in [5, 5.41) is 5.67. The number of benzene rings is 1. The molecule has 20 heavy (non-hydrogen) atoms. The van der Waals surface area contributed by atoms with E-state index in [2.05, 4.69) is 10.3 Å². The fraction of sp³-hybridized carbons (Fsp3) is 0.286. The van der Waals surface area contributed by atoms with Crippen LogP contribution in [0.1, 0.15) is 10.7 Å². The zero-order valence-electron chi connectivity index (χ0n) is 11.4. The maximum absolute atomic E-state index is 11.7. The van der Waals surface area contributed by atoms with E-state index in [9.17, 15) is 4.79 Å². The lowest BCUT2D eigenvalue weighted by Gasteiger charge is -2.10. The summed E-state index contributed by atoms with van der Waals surface area (Å²) in [4.78, 5) is 16.0. The van der Waals surface area contributed by atoms with E-state index in [1.165, 1.54) is 0 Å². The van der Waals surface area contributed by atoms with Crippen LogP contribution in [0.25, 0.3) is 0 Å². The fourth-order valence-corrected chi connectivity index (χ4v) is 2.22. The van der Waals surface area contributed by atoms with Crippen molar-refractivity contribution in [3.8, 4) is 11.5 Å². The minimum Gasteiger partial charge on any atom is -0.493 e. The van der Waals surface area contributed by atoms with E-state index in [1.807, 2.05) is 24.4 Å². The predicted molar refractivity (Wildman–Crippen MR) is 77.2 cm³/mol. The van der Waals surface area contributed by atoms with Gasteiger partial charge < -0.3 is 14.8 Å². The van der Waals surface area contributed by atoms with Crippen LogP contribution in [0.4, 0.5) is 0 Å². The molecule has 0 aliphatic rings. The van der Waals surface area contributed by atoms with Crippen LogP contribution in [-0.4, -0.2) is 24.6 Å². The van der Waals surface area contributed by atoms with Gasteiger partial charge in [-0.25, -0.2) is 4.98 Å². The molecule has 0 saturated heterocycles. The summed E-state index contributed by atoms with van der Waals surface area (Å²) in [5.74, 6) is 0.964. The van der Waals surface area contributed by atoms with Gasteiger partial charge in [0.25, 0.3) is 5.91 Å². The molecular weight excluding hydrogens is 276 g/mol. The van der Waals surface area contributed by atoms with Gasteiger partial charge in [0.1, 0.15) is 0 Å². The number of carbonyl (C=O) groups excluding carboxylic acids is 1. The van der Waals surface area contributed by atoms with Crippen molar-refractivity contribution in [1.82, 2.24) is 10.3 Å². The summed E-state index contributed by atoms with van der Waals surface area (Å²) in [6, 6.07) is 7.21. The van der Waals surface area contributed by atoms with Crippen molar-refractivity contribution in [2.45, 2.75) is 13.5 Å². The minimum atomic E-state index is -0.193. The Morgan fingerprint density at radius 2 is 2.10 bits per heavy atom. The van der Waals surface area contributed by atoms with Crippen molar-refractivity contribution >= 4 is 17.2 Å². The lowest BCUT2D eigenvalue weighted by atomic mass is 10.3. The minimum absolute atomic E-state index is 0.0521. The maximum Gasteiger partial charge on any atom is 0.258 e. The first-order valence-electron chi connectivity index (χ1n) is 6.12. The van der Waals surface area contributed by atoms with Crippen LogP contribution in [0.15, 0.2) is 29.6 Å². The summed E-state index contributed by atoms with van der Waals surface area (Å²) < 4.78 is 10.6. The van der Waals surface area contributed by atoms with Gasteiger partial charge in [-0.3, -0.25) is 4.79 Å². The molecule has 1 amide bonds. The van der Waals surface area contributed by atoms with Crippen LogP contribution in [0.5, 0.6) is 11.5 Å². The molecule has 0 fully saturated rings. The molecule has 2 aromatic rings. The zero-order chi connectivity index (χ0) is 14.4. The number of aryl methyl sites for hydroxylation is 1. The molecule has 0 unspecified atom stereocenters. The van der Waals surface area contributed by atoms with E-state index in [4.69, 9.17) is 9.47 Å². The van der Waals surface area contributed by atoms with Gasteiger partial charge in [-0.2, -0.15) is 0 Å². The number of rotatable bonds is 6. The first kappa shape index (κ1) is 14.3. The number of nitrogens with one attached hydrogen (secondary N) is 1. The standard InChI is InChI=1S/C14H16N2O3S/c1-10-16-11(9-20-10)7-15-14(17)8-19-13-6-4-3-5-12(13)18-2/h3-6,9H,7-8H2,1-2H3,(H,15,17). The number of carbonyl (C=O) groups is 1. The Bertz CT molecular complexity index is 583. The summed E-state index contributed by atoms with van der Waals surface area (Å²) in [6.07, 6.45) is 0. The molecule has 0 saturated carbocycles. The third-order valence-electron chi connectivity index (χ3n) is 2.56. The van der Waals surface area contributed by atoms with Crippen LogP contribution in [0.2, 0.25) is 0 Å². The highest BCUT2D eigenvalue weighted by atomic mass is 32.1. The maximum atomic E-state index is 11.7. The van der Waals surface area contributed by atoms with E-state index in [0.717, 1.165) is 10.7 Å². The average molecular weight is 292 g/mol. The first-order chi connectivity index (χ1) is 9.69. The van der Waals surface area contributed by atoms with Gasteiger partial charge in [-0.05, 0) is 19.1 Å². The summed E-state index contributed by atoms with van der Waals surface area (Å²) in [5.41, 5.74) is 0.859. The normalized spacial score (nSPS) is 10.1. The van der Waals surface area contributed by atoms with E-state index in [0.29, 0.717) is 18.0 Å². The highest BCUT2D eigenvalue weighted by molar-refractivity contribution is 7.09. The monoisotopic (exact) mass is 292 g/mol. The van der Waals surface area contributed by atoms with E-state index >= 15 is 0 Å². The largest absolute Gasteiger partial charge is 0.493 e. The number of amides is 1. The molecule has 0 atom stereocenters. The van der Waals surface area contributed by atoms with Crippen LogP contribution >= 0.6 is 11.3 Å². The Labute approximate surface area is 121 Å². The molecule has 2 rings (SSSR count). The van der Waals surface area contributed by atoms with Gasteiger partial charge in [0.2, 0.25) is 0 Å². The number of aromatic nitrogens is 1. The summed E-state index contributed by atoms with van der Waals surface area (Å²) in [7, 11) is 1.56. The van der Waals surface area contributed by atoms with Gasteiger partial charge in [0.05, 0.1) is 24.4 Å². The number of nitrogens with zero attached hydrogens (tertiary/aromatic N) is 1. The lowest BCUT2D eigenvalue weighted by molar-refractivity contribution is -0.123. The summed E-state index contributed by atoms with van der Waals surface area (Å²) in [6.45, 7) is 2.29. The second-order valence-corrected chi connectivity index (χ2v) is 5.14. The van der Waals surface area contributed by atoms with Crippen molar-refractivity contribution in [2.24, 2.45) is 0 Å². The van der Waals surface area contributed by atoms with Crippen LogP contribution < -0.4 is 14.8 Å². The Hall–Kier alpha value is -2.08. The smallest absolute Gasteiger partial charge is 0.258 e. The molecule has 1 aromatic carbocycles. The Morgan fingerprint density at radius 3 is 2.75 bits per heavy atom. The van der Waals surface area contributed by atoms with Crippen molar-refractivity contribution in [2.75, 3.05) is 13.7 Å². The SMILES string of the molecule is COc1ccccc1OCC(=O)NCc1csc(C)n1. The molecule has 0 bridgehead atoms. The lowest BCUT2D eigenvalue weighted by Crippen LogP contribution is -2.28. The zero-order valence-corrected chi connectivity index (χ0v) is 12.2. The molecule has 0 aliphatic carbocycles. The molecule has 106 valence electrons. The van der Waals surface area contributed by atoms with Gasteiger partial charge in [-0.1, -0.05) is 12.1 Å². The third-order valence-corrected chi connectivity index (χ3v) is 3.38. The van der Waals surface area contributed by atoms with Gasteiger partial charge in [0.15, 0.2) is 18.1 Å². The van der Waals surface area contributed by atoms with E-state index < -0.39 is 0 Å². The number of ether oxygens (including phenoxy) is 2. The van der Waals surface area contributed by atoms with Crippen molar-refractivity contribution < 1.29 is 14.3 Å². The van der Waals surface area contributed by atoms with E-state index in [-0.39, 0.29) is 12.5 Å². The molecule has 6 heteroatoms. The Kier molecular flexibility index (Phi) is 4.95. The highest BCUT2D eigenvalue weighted by Gasteiger charge is 2.07. The molecule has 1 aromatic heterocycles. The number of hydrogen-bond acceptors (Lipinski definition) is 5. The topological polar surface area (TPSA) is 60.5 Å². The molecule has 0 spiro atoms. The Balaban J connectivity index is 1.80. The summed E-state index contributed by atoms with van der Waals surface area (Å²) >= 11 is 1.56. The predicted octanol–water partition coefficient (Wildman–Crippen LogP) is 2.16. The molecule has 0 aliphatic heterocycles. The quantitative estimate of drug-likeness (QED) is 0.886. The molecule has 5 nitrogen and oxygen atoms in total. The van der Waals surface area contributed by atoms with Crippen LogP contribution in [0, 0.1) is 6.92 Å². The van der Waals surface area contributed by atoms with Gasteiger partial charge in [-0.15, -0.1) is 11.3 Å². The molecule has 0 radical (unpaired) electrons. The highest BCUT2D eigenvalue weighted by Crippen LogP contribution is 2.25. The van der Waals surface area contributed by atoms with Crippen LogP contribution in [-0.2, 0) is 11.3 Å². The molecular formula is C14H16N2O3S. The van der Waals surface area contributed by atoms with Crippen molar-refractivity contribution in [3.05, 3.63) is 40.3 Å². The second-order valence-electron chi connectivity index (χ2n) is 4.07. The van der Waals surface area contributed by atoms with Gasteiger partial charge in [0, 0.05) is 5.38 Å². The second kappa shape index (κ2) is 6.91. The first-order valence-corrected chi connectivity index (χ1v) is 7.00. The number of thiazole rings is 1.